The molecule has 1 amide bonds. The molecule has 29 heavy (non-hydrogen) atoms. The molecular weight excluding hydrogens is 370 g/mol. The Bertz CT molecular complexity index is 1010. The smallest absolute Gasteiger partial charge is 0.246 e. The minimum atomic E-state index is -0.0134. The maximum absolute atomic E-state index is 12.6. The summed E-state index contributed by atoms with van der Waals surface area (Å²) in [7, 11) is 4.89. The van der Waals surface area contributed by atoms with Crippen LogP contribution in [0.1, 0.15) is 22.6 Å². The minimum absolute atomic E-state index is 0.0134. The lowest BCUT2D eigenvalue weighted by atomic mass is 10.0. The first-order chi connectivity index (χ1) is 13.9. The molecule has 152 valence electrons. The van der Waals surface area contributed by atoms with E-state index in [0.29, 0.717) is 35.2 Å². The standard InChI is InChI=1S/C22H25N3O4/c1-14-6-7-15(2)16(10-14)11-21(26)25(3)13-20-23-22(24-29-20)18-9-8-17(27-4)12-19(18)28-5/h6-10,12H,11,13H2,1-5H3. The van der Waals surface area contributed by atoms with Crippen LogP contribution in [0.4, 0.5) is 0 Å². The van der Waals surface area contributed by atoms with Crippen LogP contribution in [0.2, 0.25) is 0 Å². The van der Waals surface area contributed by atoms with Crippen molar-refractivity contribution in [1.82, 2.24) is 15.0 Å². The second-order valence-corrected chi connectivity index (χ2v) is 6.93. The molecule has 7 heteroatoms. The maximum Gasteiger partial charge on any atom is 0.246 e. The van der Waals surface area contributed by atoms with Gasteiger partial charge in [0.1, 0.15) is 11.5 Å². The summed E-state index contributed by atoms with van der Waals surface area (Å²) in [5.41, 5.74) is 3.95. The number of ether oxygens (including phenoxy) is 2. The third-order valence-electron chi connectivity index (χ3n) is 4.76. The Labute approximate surface area is 170 Å². The van der Waals surface area contributed by atoms with Crippen molar-refractivity contribution in [2.24, 2.45) is 0 Å². The van der Waals surface area contributed by atoms with E-state index in [4.69, 9.17) is 14.0 Å². The summed E-state index contributed by atoms with van der Waals surface area (Å²) in [5.74, 6) is 1.99. The second-order valence-electron chi connectivity index (χ2n) is 6.93. The summed E-state index contributed by atoms with van der Waals surface area (Å²) in [6.45, 7) is 4.26. The number of carbonyl (C=O) groups excluding carboxylic acids is 1. The van der Waals surface area contributed by atoms with E-state index < -0.39 is 0 Å². The predicted octanol–water partition coefficient (Wildman–Crippen LogP) is 3.57. The van der Waals surface area contributed by atoms with E-state index in [1.54, 1.807) is 38.3 Å². The van der Waals surface area contributed by atoms with Crippen molar-refractivity contribution in [1.29, 1.82) is 0 Å². The van der Waals surface area contributed by atoms with E-state index in [9.17, 15) is 4.79 Å². The van der Waals surface area contributed by atoms with E-state index in [1.165, 1.54) is 0 Å². The largest absolute Gasteiger partial charge is 0.497 e. The molecule has 1 aromatic heterocycles. The van der Waals surface area contributed by atoms with Gasteiger partial charge in [-0.2, -0.15) is 4.98 Å². The number of hydrogen-bond donors (Lipinski definition) is 0. The van der Waals surface area contributed by atoms with Crippen molar-refractivity contribution in [2.75, 3.05) is 21.3 Å². The van der Waals surface area contributed by atoms with Crippen LogP contribution >= 0.6 is 0 Å². The fraction of sp³-hybridized carbons (Fsp3) is 0.318. The van der Waals surface area contributed by atoms with E-state index in [0.717, 1.165) is 16.7 Å². The van der Waals surface area contributed by atoms with Gasteiger partial charge in [0.25, 0.3) is 0 Å². The van der Waals surface area contributed by atoms with Crippen LogP contribution in [-0.2, 0) is 17.8 Å². The van der Waals surface area contributed by atoms with Gasteiger partial charge < -0.3 is 18.9 Å². The summed E-state index contributed by atoms with van der Waals surface area (Å²) in [6, 6.07) is 11.5. The highest BCUT2D eigenvalue weighted by atomic mass is 16.5. The monoisotopic (exact) mass is 395 g/mol. The van der Waals surface area contributed by atoms with Gasteiger partial charge in [-0.15, -0.1) is 0 Å². The van der Waals surface area contributed by atoms with Crippen molar-refractivity contribution in [3.8, 4) is 22.9 Å². The summed E-state index contributed by atoms with van der Waals surface area (Å²) >= 11 is 0. The van der Waals surface area contributed by atoms with Gasteiger partial charge in [-0.05, 0) is 37.1 Å². The molecule has 7 nitrogen and oxygen atoms in total. The Balaban J connectivity index is 1.71. The fourth-order valence-corrected chi connectivity index (χ4v) is 2.99. The molecule has 1 heterocycles. The van der Waals surface area contributed by atoms with Gasteiger partial charge in [0.2, 0.25) is 17.6 Å². The molecular formula is C22H25N3O4. The van der Waals surface area contributed by atoms with Crippen LogP contribution in [0.5, 0.6) is 11.5 Å². The van der Waals surface area contributed by atoms with Crippen LogP contribution in [0, 0.1) is 13.8 Å². The van der Waals surface area contributed by atoms with Crippen molar-refractivity contribution >= 4 is 5.91 Å². The van der Waals surface area contributed by atoms with E-state index in [2.05, 4.69) is 10.1 Å². The van der Waals surface area contributed by atoms with Crippen LogP contribution in [-0.4, -0.2) is 42.2 Å². The maximum atomic E-state index is 12.6. The number of carbonyl (C=O) groups is 1. The van der Waals surface area contributed by atoms with Gasteiger partial charge in [0, 0.05) is 13.1 Å². The lowest BCUT2D eigenvalue weighted by Gasteiger charge is -2.16. The average molecular weight is 395 g/mol. The number of likely N-dealkylation sites (N-methyl/N-ethyl adjacent to an activating group) is 1. The highest BCUT2D eigenvalue weighted by Gasteiger charge is 2.18. The van der Waals surface area contributed by atoms with Crippen LogP contribution in [0.15, 0.2) is 40.9 Å². The summed E-state index contributed by atoms with van der Waals surface area (Å²) in [5, 5.41) is 4.03. The molecule has 0 fully saturated rings. The second kappa shape index (κ2) is 8.77. The first-order valence-corrected chi connectivity index (χ1v) is 9.26. The van der Waals surface area contributed by atoms with Crippen LogP contribution < -0.4 is 9.47 Å². The van der Waals surface area contributed by atoms with E-state index in [1.807, 2.05) is 38.1 Å². The van der Waals surface area contributed by atoms with Crippen LogP contribution in [0.25, 0.3) is 11.4 Å². The van der Waals surface area contributed by atoms with Crippen molar-refractivity contribution in [3.05, 3.63) is 59.0 Å². The molecule has 0 spiro atoms. The minimum Gasteiger partial charge on any atom is -0.497 e. The summed E-state index contributed by atoms with van der Waals surface area (Å²) < 4.78 is 15.9. The van der Waals surface area contributed by atoms with Gasteiger partial charge in [-0.1, -0.05) is 28.9 Å². The Morgan fingerprint density at radius 3 is 2.62 bits per heavy atom. The zero-order chi connectivity index (χ0) is 21.0. The zero-order valence-electron chi connectivity index (χ0n) is 17.4. The highest BCUT2D eigenvalue weighted by molar-refractivity contribution is 5.78. The number of rotatable bonds is 7. The number of nitrogens with zero attached hydrogens (tertiary/aromatic N) is 3. The topological polar surface area (TPSA) is 77.7 Å². The van der Waals surface area contributed by atoms with Crippen molar-refractivity contribution in [3.63, 3.8) is 0 Å². The van der Waals surface area contributed by atoms with Gasteiger partial charge in [0.15, 0.2) is 0 Å². The van der Waals surface area contributed by atoms with E-state index in [-0.39, 0.29) is 12.5 Å². The van der Waals surface area contributed by atoms with Gasteiger partial charge >= 0.3 is 0 Å². The van der Waals surface area contributed by atoms with Gasteiger partial charge in [0.05, 0.1) is 32.7 Å². The Morgan fingerprint density at radius 2 is 1.90 bits per heavy atom. The summed E-state index contributed by atoms with van der Waals surface area (Å²) in [6.07, 6.45) is 0.331. The quantitative estimate of drug-likeness (QED) is 0.609. The number of benzene rings is 2. The van der Waals surface area contributed by atoms with Crippen LogP contribution in [0.3, 0.4) is 0 Å². The lowest BCUT2D eigenvalue weighted by Crippen LogP contribution is -2.28. The molecule has 0 atom stereocenters. The molecule has 0 aliphatic rings. The highest BCUT2D eigenvalue weighted by Crippen LogP contribution is 2.31. The fourth-order valence-electron chi connectivity index (χ4n) is 2.99. The number of aromatic nitrogens is 2. The number of methoxy groups -OCH3 is 2. The Hall–Kier alpha value is -3.35. The molecule has 3 aromatic rings. The Morgan fingerprint density at radius 1 is 1.10 bits per heavy atom. The van der Waals surface area contributed by atoms with Crippen molar-refractivity contribution < 1.29 is 18.8 Å². The molecule has 0 radical (unpaired) electrons. The van der Waals surface area contributed by atoms with Gasteiger partial charge in [-0.3, -0.25) is 4.79 Å². The number of hydrogen-bond acceptors (Lipinski definition) is 6. The zero-order valence-corrected chi connectivity index (χ0v) is 17.4. The molecule has 0 aliphatic carbocycles. The lowest BCUT2D eigenvalue weighted by molar-refractivity contribution is -0.130. The molecule has 0 bridgehead atoms. The average Bonchev–Trinajstić information content (AvgIpc) is 3.18. The third kappa shape index (κ3) is 4.74. The SMILES string of the molecule is COc1ccc(-c2noc(CN(C)C(=O)Cc3cc(C)ccc3C)n2)c(OC)c1. The number of aryl methyl sites for hydroxylation is 2. The normalized spacial score (nSPS) is 10.7. The molecule has 3 rings (SSSR count). The van der Waals surface area contributed by atoms with Gasteiger partial charge in [-0.25, -0.2) is 0 Å². The molecule has 0 unspecified atom stereocenters. The third-order valence-corrected chi connectivity index (χ3v) is 4.76. The summed E-state index contributed by atoms with van der Waals surface area (Å²) in [4.78, 5) is 18.6. The molecule has 2 aromatic carbocycles. The molecule has 0 saturated heterocycles. The first-order valence-electron chi connectivity index (χ1n) is 9.26. The molecule has 0 saturated carbocycles. The first kappa shape index (κ1) is 20.4. The molecule has 0 aliphatic heterocycles. The molecule has 0 N–H and O–H groups in total. The number of amides is 1. The van der Waals surface area contributed by atoms with E-state index >= 15 is 0 Å². The van der Waals surface area contributed by atoms with Crippen molar-refractivity contribution in [2.45, 2.75) is 26.8 Å². The Kier molecular flexibility index (Phi) is 6.16. The predicted molar refractivity (Wildman–Crippen MR) is 109 cm³/mol.